The van der Waals surface area contributed by atoms with Gasteiger partial charge in [0, 0.05) is 43.4 Å². The minimum absolute atomic E-state index is 0.0597. The number of furan rings is 1. The summed E-state index contributed by atoms with van der Waals surface area (Å²) >= 11 is 0. The first-order valence-corrected chi connectivity index (χ1v) is 17.7. The largest absolute Gasteiger partial charge is 0.472 e. The van der Waals surface area contributed by atoms with Crippen molar-refractivity contribution < 1.29 is 76.6 Å². The Bertz CT molecular complexity index is 1650. The molecule has 1 saturated heterocycles. The van der Waals surface area contributed by atoms with E-state index in [1.54, 1.807) is 19.9 Å². The number of Topliss-reactive ketones (excluding diaryl/α,β-unsaturated/α-hetero) is 1. The number of esters is 5. The molecule has 16 nitrogen and oxygen atoms in total. The van der Waals surface area contributed by atoms with Crippen molar-refractivity contribution in [2.45, 2.75) is 116 Å². The molecule has 5 unspecified atom stereocenters. The van der Waals surface area contributed by atoms with E-state index in [0.29, 0.717) is 12.0 Å². The van der Waals surface area contributed by atoms with Crippen molar-refractivity contribution in [2.24, 2.45) is 28.6 Å². The maximum atomic E-state index is 14.4. The van der Waals surface area contributed by atoms with Crippen LogP contribution in [0.3, 0.4) is 0 Å². The first-order valence-electron chi connectivity index (χ1n) is 17.7. The lowest BCUT2D eigenvalue weighted by atomic mass is 9.46. The number of aliphatic hydroxyl groups excluding tert-OH is 1. The molecule has 12 atom stereocenters. The number of aliphatic hydroxyl groups is 2. The highest BCUT2D eigenvalue weighted by Gasteiger charge is 2.77. The fourth-order valence-electron chi connectivity index (χ4n) is 9.16. The van der Waals surface area contributed by atoms with Gasteiger partial charge < -0.3 is 43.1 Å². The summed E-state index contributed by atoms with van der Waals surface area (Å²) < 4.78 is 39.4. The molecular weight excluding hydrogens is 712 g/mol. The summed E-state index contributed by atoms with van der Waals surface area (Å²) in [6.45, 7) is 13.5. The minimum Gasteiger partial charge on any atom is -0.472 e. The predicted molar refractivity (Wildman–Crippen MR) is 183 cm³/mol. The van der Waals surface area contributed by atoms with Crippen LogP contribution in [0.15, 0.2) is 35.2 Å². The van der Waals surface area contributed by atoms with Gasteiger partial charge in [0.25, 0.3) is 6.47 Å². The second-order valence-electron chi connectivity index (χ2n) is 15.2. The number of hydrogen-bond donors (Lipinski definition) is 2. The van der Waals surface area contributed by atoms with Gasteiger partial charge >= 0.3 is 29.8 Å². The van der Waals surface area contributed by atoms with E-state index in [2.05, 4.69) is 6.58 Å². The Morgan fingerprint density at radius 1 is 1.09 bits per heavy atom. The average molecular weight is 763 g/mol. The van der Waals surface area contributed by atoms with Crippen molar-refractivity contribution >= 4 is 42.1 Å². The number of cyclic esters (lactones) is 1. The SMILES string of the molecule is C=C1C([C@]2(C)C(CC(=O)OC)[C@@](C)(COC(C)=O)OC(=O)C[C@@H]2OC(C)=O)[C@@H](OC=O)[C@H](OC(=O)C(O)C(C)CC)[C@@]2(C)[C@H](c3ccoc3)CC(=O)C12O. The summed E-state index contributed by atoms with van der Waals surface area (Å²) in [5.41, 5.74) is -8.16. The molecule has 4 rings (SSSR count). The van der Waals surface area contributed by atoms with Crippen LogP contribution in [0.1, 0.15) is 85.6 Å². The van der Waals surface area contributed by atoms with Crippen molar-refractivity contribution in [2.75, 3.05) is 13.7 Å². The smallest absolute Gasteiger partial charge is 0.335 e. The average Bonchev–Trinajstić information content (AvgIpc) is 3.70. The van der Waals surface area contributed by atoms with E-state index < -0.39 is 125 Å². The molecule has 1 aromatic rings. The molecule has 16 heteroatoms. The van der Waals surface area contributed by atoms with E-state index in [0.717, 1.165) is 21.0 Å². The number of hydrogen-bond acceptors (Lipinski definition) is 16. The lowest BCUT2D eigenvalue weighted by Crippen LogP contribution is -2.72. The third-order valence-electron chi connectivity index (χ3n) is 12.2. The van der Waals surface area contributed by atoms with Gasteiger partial charge in [0.2, 0.25) is 0 Å². The third-order valence-corrected chi connectivity index (χ3v) is 12.2. The normalized spacial score (nSPS) is 36.1. The highest BCUT2D eigenvalue weighted by molar-refractivity contribution is 5.96. The Kier molecular flexibility index (Phi) is 12.2. The summed E-state index contributed by atoms with van der Waals surface area (Å²) in [5.74, 6) is -9.90. The van der Waals surface area contributed by atoms with E-state index in [4.69, 9.17) is 32.8 Å². The highest BCUT2D eigenvalue weighted by atomic mass is 16.6. The van der Waals surface area contributed by atoms with Gasteiger partial charge in [-0.1, -0.05) is 40.7 Å². The van der Waals surface area contributed by atoms with Gasteiger partial charge in [-0.05, 0) is 30.0 Å². The Morgan fingerprint density at radius 3 is 2.30 bits per heavy atom. The van der Waals surface area contributed by atoms with Gasteiger partial charge in [0.1, 0.15) is 30.5 Å². The molecule has 3 aliphatic rings. The first-order chi connectivity index (χ1) is 25.2. The second kappa shape index (κ2) is 15.7. The molecule has 0 spiro atoms. The van der Waals surface area contributed by atoms with Crippen molar-refractivity contribution in [1.82, 2.24) is 0 Å². The van der Waals surface area contributed by atoms with Crippen LogP contribution in [-0.2, 0) is 62.0 Å². The number of rotatable bonds is 13. The minimum atomic E-state index is -2.60. The molecule has 54 heavy (non-hydrogen) atoms. The first kappa shape index (κ1) is 42.2. The zero-order chi connectivity index (χ0) is 40.6. The fraction of sp³-hybridized carbons (Fsp3) is 0.658. The fourth-order valence-corrected chi connectivity index (χ4v) is 9.16. The molecule has 0 bridgehead atoms. The van der Waals surface area contributed by atoms with Crippen molar-refractivity contribution in [3.05, 3.63) is 36.3 Å². The second-order valence-corrected chi connectivity index (χ2v) is 15.2. The van der Waals surface area contributed by atoms with E-state index in [-0.39, 0.29) is 18.5 Å². The Morgan fingerprint density at radius 2 is 1.76 bits per heavy atom. The third kappa shape index (κ3) is 6.93. The molecule has 0 aromatic carbocycles. The van der Waals surface area contributed by atoms with E-state index in [1.165, 1.54) is 33.3 Å². The molecule has 2 aliphatic carbocycles. The van der Waals surface area contributed by atoms with Crippen LogP contribution in [0.2, 0.25) is 0 Å². The predicted octanol–water partition coefficient (Wildman–Crippen LogP) is 2.51. The zero-order valence-electron chi connectivity index (χ0n) is 31.8. The van der Waals surface area contributed by atoms with Crippen LogP contribution >= 0.6 is 0 Å². The van der Waals surface area contributed by atoms with Crippen LogP contribution in [0.25, 0.3) is 0 Å². The molecule has 2 N–H and O–H groups in total. The Hall–Kier alpha value is -4.57. The monoisotopic (exact) mass is 762 g/mol. The zero-order valence-corrected chi connectivity index (χ0v) is 31.8. The number of ether oxygens (including phenoxy) is 6. The van der Waals surface area contributed by atoms with Gasteiger partial charge in [-0.3, -0.25) is 28.8 Å². The van der Waals surface area contributed by atoms with Crippen LogP contribution in [0, 0.1) is 28.6 Å². The quantitative estimate of drug-likeness (QED) is 0.127. The molecule has 1 aliphatic heterocycles. The van der Waals surface area contributed by atoms with Gasteiger partial charge in [-0.2, -0.15) is 0 Å². The number of fused-ring (bicyclic) bond motifs is 1. The van der Waals surface area contributed by atoms with Crippen LogP contribution in [0.4, 0.5) is 0 Å². The van der Waals surface area contributed by atoms with Gasteiger partial charge in [-0.15, -0.1) is 0 Å². The van der Waals surface area contributed by atoms with E-state index >= 15 is 0 Å². The number of methoxy groups -OCH3 is 1. The molecule has 2 heterocycles. The lowest BCUT2D eigenvalue weighted by Gasteiger charge is -2.61. The van der Waals surface area contributed by atoms with Crippen LogP contribution < -0.4 is 0 Å². The van der Waals surface area contributed by atoms with Gasteiger partial charge in [0.15, 0.2) is 17.5 Å². The topological polar surface area (TPSA) is 228 Å². The molecule has 1 aromatic heterocycles. The highest BCUT2D eigenvalue weighted by Crippen LogP contribution is 2.68. The number of carbonyl (C=O) groups is 7. The molecule has 0 amide bonds. The molecule has 2 saturated carbocycles. The number of ketones is 1. The summed E-state index contributed by atoms with van der Waals surface area (Å²) in [4.78, 5) is 92.7. The van der Waals surface area contributed by atoms with Gasteiger partial charge in [0.05, 0.1) is 37.9 Å². The molecule has 298 valence electrons. The standard InChI is InChI=1S/C38H50O16/c1-10-19(2)31(45)34(46)53-33-32(51-18-39)30(20(3)38(47)26(42)13-24(37(33,38)8)23-11-12-49-16-23)36(7)25(14-28(43)48-9)35(6,17-50-21(4)40)54-29(44)15-27(36)52-22(5)41/h11-12,16,18-19,24-25,27,30-33,45,47H,3,10,13-15,17H2,1-2,4-9H3/t19?,24-,25?,27-,30?,31?,32+,33-,35+,36+,37+,38?/m0/s1. The van der Waals surface area contributed by atoms with E-state index in [9.17, 15) is 43.8 Å². The summed E-state index contributed by atoms with van der Waals surface area (Å²) in [7, 11) is 1.10. The molecule has 0 radical (unpaired) electrons. The molecule has 3 fully saturated rings. The Balaban J connectivity index is 2.13. The summed E-state index contributed by atoms with van der Waals surface area (Å²) in [6, 6.07) is 1.56. The lowest BCUT2D eigenvalue weighted by molar-refractivity contribution is -0.239. The van der Waals surface area contributed by atoms with Crippen LogP contribution in [-0.4, -0.2) is 102 Å². The molecular formula is C38H50O16. The Labute approximate surface area is 312 Å². The summed E-state index contributed by atoms with van der Waals surface area (Å²) in [5, 5.41) is 24.1. The maximum absolute atomic E-state index is 14.4. The maximum Gasteiger partial charge on any atom is 0.335 e. The van der Waals surface area contributed by atoms with Crippen LogP contribution in [0.5, 0.6) is 0 Å². The van der Waals surface area contributed by atoms with Gasteiger partial charge in [-0.25, -0.2) is 4.79 Å². The number of carbonyl (C=O) groups excluding carboxylic acids is 7. The van der Waals surface area contributed by atoms with Crippen molar-refractivity contribution in [3.8, 4) is 0 Å². The van der Waals surface area contributed by atoms with E-state index in [1.807, 2.05) is 0 Å². The van der Waals surface area contributed by atoms with Crippen molar-refractivity contribution in [1.29, 1.82) is 0 Å². The summed E-state index contributed by atoms with van der Waals surface area (Å²) in [6.07, 6.45) is -5.26. The van der Waals surface area contributed by atoms with Crippen molar-refractivity contribution in [3.63, 3.8) is 0 Å².